The number of hydrogen-bond donors (Lipinski definition) is 2. The third-order valence-corrected chi connectivity index (χ3v) is 3.06. The van der Waals surface area contributed by atoms with Crippen LogP contribution in [0.15, 0.2) is 0 Å². The number of ether oxygens (including phenoxy) is 1. The summed E-state index contributed by atoms with van der Waals surface area (Å²) in [4.78, 5) is 35.9. The molecule has 7 nitrogen and oxygen atoms in total. The highest BCUT2D eigenvalue weighted by atomic mass is 16.5. The molecule has 1 saturated heterocycles. The van der Waals surface area contributed by atoms with Gasteiger partial charge in [0.2, 0.25) is 5.91 Å². The summed E-state index contributed by atoms with van der Waals surface area (Å²) in [5, 5.41) is 11.1. The van der Waals surface area contributed by atoms with Crippen molar-refractivity contribution < 1.29 is 24.2 Å². The third kappa shape index (κ3) is 4.20. The first-order valence-electron chi connectivity index (χ1n) is 6.15. The van der Waals surface area contributed by atoms with Crippen LogP contribution >= 0.6 is 0 Å². The van der Waals surface area contributed by atoms with E-state index in [0.29, 0.717) is 19.8 Å². The van der Waals surface area contributed by atoms with E-state index in [0.717, 1.165) is 0 Å². The van der Waals surface area contributed by atoms with Crippen molar-refractivity contribution in [1.29, 1.82) is 0 Å². The van der Waals surface area contributed by atoms with Gasteiger partial charge in [-0.2, -0.15) is 0 Å². The molecule has 1 rings (SSSR count). The normalized spacial score (nSPS) is 19.9. The van der Waals surface area contributed by atoms with E-state index in [2.05, 4.69) is 5.32 Å². The van der Waals surface area contributed by atoms with Crippen molar-refractivity contribution in [2.75, 3.05) is 19.8 Å². The number of amides is 3. The zero-order valence-electron chi connectivity index (χ0n) is 11.4. The van der Waals surface area contributed by atoms with Crippen LogP contribution < -0.4 is 5.32 Å². The van der Waals surface area contributed by atoms with Gasteiger partial charge in [0.15, 0.2) is 0 Å². The van der Waals surface area contributed by atoms with Crippen molar-refractivity contribution in [2.24, 2.45) is 5.41 Å². The predicted molar refractivity (Wildman–Crippen MR) is 66.6 cm³/mol. The molecular formula is C12H20N2O5. The van der Waals surface area contributed by atoms with Gasteiger partial charge in [-0.15, -0.1) is 0 Å². The van der Waals surface area contributed by atoms with Gasteiger partial charge in [-0.1, -0.05) is 0 Å². The third-order valence-electron chi connectivity index (χ3n) is 3.06. The molecule has 1 heterocycles. The van der Waals surface area contributed by atoms with Crippen molar-refractivity contribution in [2.45, 2.75) is 33.2 Å². The molecule has 1 fully saturated rings. The minimum atomic E-state index is -1.19. The number of carbonyl (C=O) groups excluding carboxylic acids is 2. The molecule has 0 radical (unpaired) electrons. The van der Waals surface area contributed by atoms with E-state index in [-0.39, 0.29) is 12.5 Å². The number of carbonyl (C=O) groups is 3. The molecule has 108 valence electrons. The Morgan fingerprint density at radius 1 is 1.42 bits per heavy atom. The molecule has 1 unspecified atom stereocenters. The Kier molecular flexibility index (Phi) is 4.88. The Balaban J connectivity index is 2.52. The van der Waals surface area contributed by atoms with Gasteiger partial charge in [0, 0.05) is 13.0 Å². The molecule has 0 aromatic rings. The van der Waals surface area contributed by atoms with Crippen LogP contribution in [0.5, 0.6) is 0 Å². The summed E-state index contributed by atoms with van der Waals surface area (Å²) < 4.78 is 5.19. The number of carboxylic acid groups (broad SMARTS) is 1. The van der Waals surface area contributed by atoms with Crippen molar-refractivity contribution in [3.8, 4) is 0 Å². The highest BCUT2D eigenvalue weighted by molar-refractivity contribution is 5.96. The SMILES string of the molecule is CC1COCCN1C(=O)NC(=O)CC(C)(C)C(=O)O. The number of urea groups is 1. The molecule has 19 heavy (non-hydrogen) atoms. The zero-order chi connectivity index (χ0) is 14.6. The molecule has 7 heteroatoms. The first-order valence-corrected chi connectivity index (χ1v) is 6.15. The summed E-state index contributed by atoms with van der Waals surface area (Å²) in [6, 6.07) is -0.601. The molecule has 0 aromatic carbocycles. The molecule has 3 amide bonds. The quantitative estimate of drug-likeness (QED) is 0.777. The number of nitrogens with one attached hydrogen (secondary N) is 1. The summed E-state index contributed by atoms with van der Waals surface area (Å²) in [5.41, 5.74) is -1.19. The van der Waals surface area contributed by atoms with Crippen molar-refractivity contribution in [3.63, 3.8) is 0 Å². The lowest BCUT2D eigenvalue weighted by Crippen LogP contribution is -2.52. The average molecular weight is 272 g/mol. The number of carboxylic acids is 1. The van der Waals surface area contributed by atoms with Gasteiger partial charge < -0.3 is 14.7 Å². The van der Waals surface area contributed by atoms with Gasteiger partial charge >= 0.3 is 12.0 Å². The summed E-state index contributed by atoms with van der Waals surface area (Å²) in [6.45, 7) is 6.00. The minimum absolute atomic E-state index is 0.103. The van der Waals surface area contributed by atoms with Crippen LogP contribution in [-0.4, -0.2) is 53.7 Å². The topological polar surface area (TPSA) is 95.9 Å². The van der Waals surface area contributed by atoms with Gasteiger partial charge in [-0.05, 0) is 20.8 Å². The van der Waals surface area contributed by atoms with Gasteiger partial charge in [0.25, 0.3) is 0 Å². The Bertz CT molecular complexity index is 380. The number of hydrogen-bond acceptors (Lipinski definition) is 4. The standard InChI is InChI=1S/C12H20N2O5/c1-8-7-19-5-4-14(8)11(18)13-9(15)6-12(2,3)10(16)17/h8H,4-7H2,1-3H3,(H,16,17)(H,13,15,18). The van der Waals surface area contributed by atoms with Crippen LogP contribution in [0.4, 0.5) is 4.79 Å². The largest absolute Gasteiger partial charge is 0.481 e. The van der Waals surface area contributed by atoms with Crippen LogP contribution in [0.1, 0.15) is 27.2 Å². The van der Waals surface area contributed by atoms with Crippen LogP contribution in [0.25, 0.3) is 0 Å². The number of rotatable bonds is 3. The number of morpholine rings is 1. The monoisotopic (exact) mass is 272 g/mol. The Morgan fingerprint density at radius 2 is 2.05 bits per heavy atom. The molecule has 1 aliphatic rings. The maximum atomic E-state index is 11.9. The van der Waals surface area contributed by atoms with E-state index in [1.807, 2.05) is 6.92 Å². The fourth-order valence-electron chi connectivity index (χ4n) is 1.74. The van der Waals surface area contributed by atoms with E-state index in [4.69, 9.17) is 9.84 Å². The van der Waals surface area contributed by atoms with Crippen LogP contribution in [0, 0.1) is 5.41 Å². The molecular weight excluding hydrogens is 252 g/mol. The minimum Gasteiger partial charge on any atom is -0.481 e. The highest BCUT2D eigenvalue weighted by Crippen LogP contribution is 2.20. The second-order valence-corrected chi connectivity index (χ2v) is 5.34. The summed E-state index contributed by atoms with van der Waals surface area (Å²) in [5.74, 6) is -1.66. The van der Waals surface area contributed by atoms with Gasteiger partial charge in [0.05, 0.1) is 24.7 Å². The molecule has 0 saturated carbocycles. The van der Waals surface area contributed by atoms with E-state index in [1.54, 1.807) is 0 Å². The molecule has 1 atom stereocenters. The molecule has 0 bridgehead atoms. The Labute approximate surface area is 111 Å². The summed E-state index contributed by atoms with van der Waals surface area (Å²) in [6.07, 6.45) is -0.243. The fraction of sp³-hybridized carbons (Fsp3) is 0.750. The summed E-state index contributed by atoms with van der Waals surface area (Å²) in [7, 11) is 0. The maximum absolute atomic E-state index is 11.9. The number of aliphatic carboxylic acids is 1. The fourth-order valence-corrected chi connectivity index (χ4v) is 1.74. The molecule has 0 aromatic heterocycles. The first-order chi connectivity index (χ1) is 8.74. The van der Waals surface area contributed by atoms with Crippen molar-refractivity contribution in [3.05, 3.63) is 0 Å². The van der Waals surface area contributed by atoms with E-state index < -0.39 is 23.3 Å². The van der Waals surface area contributed by atoms with Crippen molar-refractivity contribution in [1.82, 2.24) is 10.2 Å². The van der Waals surface area contributed by atoms with E-state index in [9.17, 15) is 14.4 Å². The van der Waals surface area contributed by atoms with Crippen LogP contribution in [0.3, 0.4) is 0 Å². The molecule has 0 aliphatic carbocycles. The van der Waals surface area contributed by atoms with Gasteiger partial charge in [-0.25, -0.2) is 4.79 Å². The van der Waals surface area contributed by atoms with E-state index >= 15 is 0 Å². The van der Waals surface area contributed by atoms with Crippen LogP contribution in [-0.2, 0) is 14.3 Å². The van der Waals surface area contributed by atoms with Gasteiger partial charge in [0.1, 0.15) is 0 Å². The van der Waals surface area contributed by atoms with Crippen LogP contribution in [0.2, 0.25) is 0 Å². The zero-order valence-corrected chi connectivity index (χ0v) is 11.4. The first kappa shape index (κ1) is 15.4. The lowest BCUT2D eigenvalue weighted by molar-refractivity contribution is -0.149. The molecule has 1 aliphatic heterocycles. The lowest BCUT2D eigenvalue weighted by Gasteiger charge is -2.33. The average Bonchev–Trinajstić information content (AvgIpc) is 2.28. The molecule has 0 spiro atoms. The Hall–Kier alpha value is -1.63. The van der Waals surface area contributed by atoms with Crippen molar-refractivity contribution >= 4 is 17.9 Å². The Morgan fingerprint density at radius 3 is 2.58 bits per heavy atom. The van der Waals surface area contributed by atoms with Gasteiger partial charge in [-0.3, -0.25) is 14.9 Å². The molecule has 2 N–H and O–H groups in total. The number of imide groups is 1. The number of nitrogens with zero attached hydrogens (tertiary/aromatic N) is 1. The second kappa shape index (κ2) is 6.01. The smallest absolute Gasteiger partial charge is 0.324 e. The maximum Gasteiger partial charge on any atom is 0.324 e. The highest BCUT2D eigenvalue weighted by Gasteiger charge is 2.32. The lowest BCUT2D eigenvalue weighted by atomic mass is 9.89. The second-order valence-electron chi connectivity index (χ2n) is 5.34. The predicted octanol–water partition coefficient (Wildman–Crippen LogP) is 0.444. The summed E-state index contributed by atoms with van der Waals surface area (Å²) >= 11 is 0. The van der Waals surface area contributed by atoms with E-state index in [1.165, 1.54) is 18.7 Å².